The zero-order valence-electron chi connectivity index (χ0n) is 10.8. The summed E-state index contributed by atoms with van der Waals surface area (Å²) >= 11 is 1.12. The van der Waals surface area contributed by atoms with E-state index >= 15 is 0 Å². The maximum absolute atomic E-state index is 12.0. The normalized spacial score (nSPS) is 23.8. The lowest BCUT2D eigenvalue weighted by Gasteiger charge is -2.27. The quantitative estimate of drug-likeness (QED) is 0.891. The van der Waals surface area contributed by atoms with Crippen molar-refractivity contribution in [2.75, 3.05) is 5.32 Å². The van der Waals surface area contributed by atoms with Crippen LogP contribution in [0.4, 0.5) is 5.13 Å². The van der Waals surface area contributed by atoms with Crippen LogP contribution in [0.15, 0.2) is 0 Å². The Bertz CT molecular complexity index is 360. The fourth-order valence-electron chi connectivity index (χ4n) is 2.60. The van der Waals surface area contributed by atoms with Crippen molar-refractivity contribution in [3.05, 3.63) is 0 Å². The number of nitrogens with zero attached hydrogens (tertiary/aromatic N) is 3. The van der Waals surface area contributed by atoms with Gasteiger partial charge in [0, 0.05) is 17.5 Å². The van der Waals surface area contributed by atoms with Gasteiger partial charge in [-0.25, -0.2) is 0 Å². The molecule has 0 aromatic carbocycles. The van der Waals surface area contributed by atoms with Crippen molar-refractivity contribution in [1.82, 2.24) is 14.8 Å². The average molecular weight is 268 g/mol. The van der Waals surface area contributed by atoms with E-state index in [1.54, 1.807) is 0 Å². The number of unbranched alkanes of at least 4 members (excludes halogenated alkanes) is 1. The van der Waals surface area contributed by atoms with Crippen LogP contribution in [0.25, 0.3) is 0 Å². The van der Waals surface area contributed by atoms with Gasteiger partial charge in [0.1, 0.15) is 0 Å². The summed E-state index contributed by atoms with van der Waals surface area (Å²) in [5.41, 5.74) is 0. The van der Waals surface area contributed by atoms with Crippen molar-refractivity contribution in [2.45, 2.75) is 51.9 Å². The lowest BCUT2D eigenvalue weighted by molar-refractivity contribution is -0.121. The summed E-state index contributed by atoms with van der Waals surface area (Å²) in [6.07, 6.45) is 8.30. The Morgan fingerprint density at radius 1 is 1.39 bits per heavy atom. The molecule has 1 aromatic rings. The molecule has 0 aliphatic heterocycles. The lowest BCUT2D eigenvalue weighted by Crippen LogP contribution is -2.27. The summed E-state index contributed by atoms with van der Waals surface area (Å²) in [5.74, 6) is 1.06. The molecule has 0 bridgehead atoms. The van der Waals surface area contributed by atoms with E-state index in [0.717, 1.165) is 30.3 Å². The zero-order valence-corrected chi connectivity index (χ0v) is 11.6. The summed E-state index contributed by atoms with van der Waals surface area (Å²) in [6, 6.07) is 0. The summed E-state index contributed by atoms with van der Waals surface area (Å²) in [7, 11) is 0. The van der Waals surface area contributed by atoms with E-state index in [0.29, 0.717) is 5.13 Å². The lowest BCUT2D eigenvalue weighted by atomic mass is 9.79. The Hall–Kier alpha value is -1.04. The Kier molecular flexibility index (Phi) is 5.04. The van der Waals surface area contributed by atoms with Crippen LogP contribution in [0.5, 0.6) is 0 Å². The molecule has 100 valence electrons. The Labute approximate surface area is 112 Å². The van der Waals surface area contributed by atoms with Crippen LogP contribution in [0, 0.1) is 11.8 Å². The van der Waals surface area contributed by atoms with Crippen molar-refractivity contribution in [2.24, 2.45) is 11.8 Å². The second-order valence-corrected chi connectivity index (χ2v) is 5.75. The average Bonchev–Trinajstić information content (AvgIpc) is 2.89. The first-order chi connectivity index (χ1) is 8.79. The minimum atomic E-state index is 0.0856. The van der Waals surface area contributed by atoms with Crippen LogP contribution in [0.3, 0.4) is 0 Å². The van der Waals surface area contributed by atoms with E-state index in [4.69, 9.17) is 0 Å². The standard InChI is InChI=1S/C12H20N4OS/c1-2-3-4-9-5-7-10(8-6-9)11(17)13-12-14-15-16-18-12/h9-10H,2-8H2,1H3,(H,13,14,16,17). The minimum Gasteiger partial charge on any atom is -0.299 e. The van der Waals surface area contributed by atoms with Gasteiger partial charge in [0.2, 0.25) is 11.0 Å². The van der Waals surface area contributed by atoms with Gasteiger partial charge in [0.05, 0.1) is 0 Å². The highest BCUT2D eigenvalue weighted by Gasteiger charge is 2.26. The molecule has 0 atom stereocenters. The number of hydrogen-bond acceptors (Lipinski definition) is 5. The molecule has 5 nitrogen and oxygen atoms in total. The largest absolute Gasteiger partial charge is 0.299 e. The molecule has 1 amide bonds. The van der Waals surface area contributed by atoms with Gasteiger partial charge < -0.3 is 0 Å². The SMILES string of the molecule is CCCCC1CCC(C(=O)Nc2nnns2)CC1. The predicted octanol–water partition coefficient (Wildman–Crippen LogP) is 2.87. The summed E-state index contributed by atoms with van der Waals surface area (Å²) < 4.78 is 3.63. The second kappa shape index (κ2) is 6.78. The Balaban J connectivity index is 1.73. The molecule has 1 aliphatic rings. The highest BCUT2D eigenvalue weighted by Crippen LogP contribution is 2.32. The monoisotopic (exact) mass is 268 g/mol. The molecular formula is C12H20N4OS. The number of rotatable bonds is 5. The Morgan fingerprint density at radius 3 is 2.78 bits per heavy atom. The number of amides is 1. The van der Waals surface area contributed by atoms with Crippen molar-refractivity contribution in [3.63, 3.8) is 0 Å². The number of hydrogen-bond donors (Lipinski definition) is 1. The maximum atomic E-state index is 12.0. The van der Waals surface area contributed by atoms with Crippen molar-refractivity contribution in [3.8, 4) is 0 Å². The van der Waals surface area contributed by atoms with Crippen LogP contribution in [0.2, 0.25) is 0 Å². The smallest absolute Gasteiger partial charge is 0.231 e. The predicted molar refractivity (Wildman–Crippen MR) is 71.3 cm³/mol. The molecule has 0 spiro atoms. The molecule has 1 N–H and O–H groups in total. The fourth-order valence-corrected chi connectivity index (χ4v) is 2.97. The molecule has 1 aromatic heterocycles. The molecule has 1 fully saturated rings. The van der Waals surface area contributed by atoms with Gasteiger partial charge in [-0.1, -0.05) is 35.8 Å². The van der Waals surface area contributed by atoms with Gasteiger partial charge in [0.25, 0.3) is 0 Å². The van der Waals surface area contributed by atoms with Gasteiger partial charge in [-0.15, -0.1) is 0 Å². The van der Waals surface area contributed by atoms with Crippen LogP contribution < -0.4 is 5.32 Å². The number of aromatic nitrogens is 3. The number of carbonyl (C=O) groups excluding carboxylic acids is 1. The van der Waals surface area contributed by atoms with Gasteiger partial charge in [0.15, 0.2) is 0 Å². The number of nitrogens with one attached hydrogen (secondary N) is 1. The van der Waals surface area contributed by atoms with E-state index < -0.39 is 0 Å². The molecular weight excluding hydrogens is 248 g/mol. The first-order valence-corrected chi connectivity index (χ1v) is 7.52. The van der Waals surface area contributed by atoms with E-state index in [-0.39, 0.29) is 11.8 Å². The molecule has 1 saturated carbocycles. The molecule has 1 aliphatic carbocycles. The highest BCUT2D eigenvalue weighted by molar-refractivity contribution is 7.09. The van der Waals surface area contributed by atoms with Gasteiger partial charge >= 0.3 is 0 Å². The van der Waals surface area contributed by atoms with Crippen LogP contribution in [-0.2, 0) is 4.79 Å². The summed E-state index contributed by atoms with van der Waals surface area (Å²) in [5, 5.41) is 10.5. The number of carbonyl (C=O) groups is 1. The van der Waals surface area contributed by atoms with Crippen LogP contribution in [-0.4, -0.2) is 20.7 Å². The molecule has 2 rings (SSSR count). The molecule has 6 heteroatoms. The fraction of sp³-hybridized carbons (Fsp3) is 0.833. The van der Waals surface area contributed by atoms with E-state index in [1.165, 1.54) is 32.1 Å². The summed E-state index contributed by atoms with van der Waals surface area (Å²) in [6.45, 7) is 2.23. The number of anilines is 1. The molecule has 0 unspecified atom stereocenters. The Morgan fingerprint density at radius 2 is 2.17 bits per heavy atom. The molecule has 1 heterocycles. The first kappa shape index (κ1) is 13.4. The third-order valence-electron chi connectivity index (χ3n) is 3.71. The summed E-state index contributed by atoms with van der Waals surface area (Å²) in [4.78, 5) is 12.0. The zero-order chi connectivity index (χ0) is 12.8. The van der Waals surface area contributed by atoms with E-state index in [1.807, 2.05) is 0 Å². The van der Waals surface area contributed by atoms with E-state index in [2.05, 4.69) is 27.0 Å². The third-order valence-corrected chi connectivity index (χ3v) is 4.22. The highest BCUT2D eigenvalue weighted by atomic mass is 32.1. The molecule has 0 saturated heterocycles. The van der Waals surface area contributed by atoms with Crippen molar-refractivity contribution < 1.29 is 4.79 Å². The van der Waals surface area contributed by atoms with Gasteiger partial charge in [-0.05, 0) is 36.8 Å². The van der Waals surface area contributed by atoms with Crippen LogP contribution in [0.1, 0.15) is 51.9 Å². The topological polar surface area (TPSA) is 67.8 Å². The minimum absolute atomic E-state index is 0.0856. The molecule has 0 radical (unpaired) electrons. The van der Waals surface area contributed by atoms with E-state index in [9.17, 15) is 4.79 Å². The van der Waals surface area contributed by atoms with Gasteiger partial charge in [-0.3, -0.25) is 10.1 Å². The van der Waals surface area contributed by atoms with Crippen molar-refractivity contribution >= 4 is 22.6 Å². The maximum Gasteiger partial charge on any atom is 0.231 e. The van der Waals surface area contributed by atoms with Crippen LogP contribution >= 0.6 is 11.5 Å². The third kappa shape index (κ3) is 3.73. The first-order valence-electron chi connectivity index (χ1n) is 6.75. The van der Waals surface area contributed by atoms with Crippen molar-refractivity contribution in [1.29, 1.82) is 0 Å². The van der Waals surface area contributed by atoms with Gasteiger partial charge in [-0.2, -0.15) is 0 Å². The molecule has 18 heavy (non-hydrogen) atoms. The second-order valence-electron chi connectivity index (χ2n) is 5.02.